The molecule has 9 rings (SSSR count). The van der Waals surface area contributed by atoms with Gasteiger partial charge in [0.05, 0.1) is 26.7 Å². The fourth-order valence-electron chi connectivity index (χ4n) is 9.21. The van der Waals surface area contributed by atoms with E-state index in [2.05, 4.69) is 24.9 Å². The van der Waals surface area contributed by atoms with E-state index in [4.69, 9.17) is 32.7 Å². The van der Waals surface area contributed by atoms with E-state index < -0.39 is 76.2 Å². The number of nitrogens with zero attached hydrogens (tertiary/aromatic N) is 5. The van der Waals surface area contributed by atoms with Crippen LogP contribution < -0.4 is 10.1 Å². The first-order valence-corrected chi connectivity index (χ1v) is 23.6. The minimum Gasteiger partial charge on any atom is -0.497 e. The molecular weight excluding hydrogens is 946 g/mol. The van der Waals surface area contributed by atoms with E-state index in [1.807, 2.05) is 116 Å². The fraction of sp³-hybridized carbons (Fsp3) is 0.388. The van der Waals surface area contributed by atoms with E-state index >= 15 is 0 Å². The topological polar surface area (TPSA) is 141 Å². The summed E-state index contributed by atoms with van der Waals surface area (Å²) in [6, 6.07) is 34.5. The first-order valence-electron chi connectivity index (χ1n) is 22.5. The molecule has 2 unspecified atom stereocenters. The predicted molar refractivity (Wildman–Crippen MR) is 243 cm³/mol. The summed E-state index contributed by atoms with van der Waals surface area (Å²) >= 11 is 0. The van der Waals surface area contributed by atoms with E-state index in [-0.39, 0.29) is 35.7 Å². The summed E-state index contributed by atoms with van der Waals surface area (Å²) in [7, 11) is -0.345. The molecule has 0 bridgehead atoms. The Balaban J connectivity index is 1.14. The number of methoxy groups -OCH3 is 1. The summed E-state index contributed by atoms with van der Waals surface area (Å²) in [4.78, 5) is 25.3. The van der Waals surface area contributed by atoms with Gasteiger partial charge < -0.3 is 38.0 Å². The van der Waals surface area contributed by atoms with Crippen LogP contribution in [0.2, 0.25) is 0 Å². The van der Waals surface area contributed by atoms with Gasteiger partial charge in [0, 0.05) is 19.5 Å². The maximum absolute atomic E-state index is 13.7. The first kappa shape index (κ1) is 49.4. The Morgan fingerprint density at radius 1 is 0.857 bits per heavy atom. The SMILES string of the molecule is COc1ccc(C(OC[C@H]2O[C@@H](n3cnc4c(NC(C)=O)ncnc43)C(OCOCC(C(F)(F)F)C(F)(F)F)[C@H]2O[P@@]2O[C@H](c3ccccc3)[C@@H]3CCCN32)(c2ccccc2)c2ccc(C)cc2)cc1. The van der Waals surface area contributed by atoms with Crippen molar-refractivity contribution in [1.29, 1.82) is 0 Å². The zero-order valence-electron chi connectivity index (χ0n) is 38.0. The molecule has 0 aliphatic carbocycles. The summed E-state index contributed by atoms with van der Waals surface area (Å²) in [5, 5.41) is 2.62. The van der Waals surface area contributed by atoms with Crippen LogP contribution in [-0.2, 0) is 38.4 Å². The van der Waals surface area contributed by atoms with E-state index in [0.29, 0.717) is 12.3 Å². The second-order valence-corrected chi connectivity index (χ2v) is 18.5. The highest BCUT2D eigenvalue weighted by Gasteiger charge is 2.58. The number of halogens is 6. The molecule has 3 fully saturated rings. The summed E-state index contributed by atoms with van der Waals surface area (Å²) in [6.45, 7) is 0.833. The monoisotopic (exact) mass is 994 g/mol. The van der Waals surface area contributed by atoms with Gasteiger partial charge >= 0.3 is 12.4 Å². The molecule has 1 N–H and O–H groups in total. The Morgan fingerprint density at radius 2 is 1.51 bits per heavy atom. The number of alkyl halides is 6. The van der Waals surface area contributed by atoms with Gasteiger partial charge in [-0.15, -0.1) is 0 Å². The van der Waals surface area contributed by atoms with Gasteiger partial charge in [0.25, 0.3) is 8.53 Å². The number of hydrogen-bond acceptors (Lipinski definition) is 12. The fourth-order valence-corrected chi connectivity index (χ4v) is 11.2. The van der Waals surface area contributed by atoms with Crippen molar-refractivity contribution >= 4 is 31.4 Å². The number of fused-ring (bicyclic) bond motifs is 2. The van der Waals surface area contributed by atoms with Crippen LogP contribution >= 0.6 is 8.53 Å². The van der Waals surface area contributed by atoms with E-state index in [9.17, 15) is 31.1 Å². The molecule has 6 aromatic rings. The third kappa shape index (κ3) is 10.1. The van der Waals surface area contributed by atoms with Crippen LogP contribution in [0.4, 0.5) is 32.2 Å². The number of rotatable bonds is 17. The molecule has 5 heterocycles. The smallest absolute Gasteiger partial charge is 0.402 e. The Kier molecular flexibility index (Phi) is 14.6. The lowest BCUT2D eigenvalue weighted by molar-refractivity contribution is -0.299. The standard InChI is InChI=1S/C49H49F6N6O8P/c1-30-16-18-34(19-17-30)47(33-13-8-5-9-14-33,35-20-22-36(63-3)23-21-35)66-25-38-42(69-70-61-24-10-15-37(61)41(68-70)32-11-6-4-7-12-32)43(65-29-64-26-39(48(50,51)52)49(53,54)55)46(67-38)60-28-58-40-44(59-31(2)62)56-27-57-45(40)60/h4-9,11-14,16-23,27-28,37-39,41-43,46H,10,15,24-26,29H2,1-3H3,(H,56,57,59,62)/t37-,38+,41+,42-,43?,46+,47?,70+/m0/s1. The molecule has 8 atom stereocenters. The lowest BCUT2D eigenvalue weighted by atomic mass is 9.79. The van der Waals surface area contributed by atoms with Gasteiger partial charge in [-0.05, 0) is 54.2 Å². The molecule has 0 saturated carbocycles. The van der Waals surface area contributed by atoms with Gasteiger partial charge in [-0.2, -0.15) is 26.3 Å². The predicted octanol–water partition coefficient (Wildman–Crippen LogP) is 9.96. The normalized spacial score (nSPS) is 23.7. The Hall–Kier alpha value is -5.57. The van der Waals surface area contributed by atoms with Crippen LogP contribution in [-0.4, -0.2) is 100 Å². The number of benzene rings is 4. The van der Waals surface area contributed by atoms with Crippen LogP contribution in [0, 0.1) is 12.8 Å². The lowest BCUT2D eigenvalue weighted by Crippen LogP contribution is -2.42. The number of aromatic nitrogens is 4. The number of imidazole rings is 1. The van der Waals surface area contributed by atoms with Crippen LogP contribution in [0.5, 0.6) is 5.75 Å². The molecule has 14 nitrogen and oxygen atoms in total. The number of amides is 1. The molecule has 370 valence electrons. The van der Waals surface area contributed by atoms with Crippen molar-refractivity contribution in [2.45, 2.75) is 81.3 Å². The number of carbonyl (C=O) groups excluding carboxylic acids is 1. The Bertz CT molecular complexity index is 2690. The number of ether oxygens (including phenoxy) is 5. The highest BCUT2D eigenvalue weighted by Crippen LogP contribution is 2.62. The largest absolute Gasteiger partial charge is 0.497 e. The van der Waals surface area contributed by atoms with Crippen molar-refractivity contribution in [2.24, 2.45) is 5.92 Å². The van der Waals surface area contributed by atoms with Gasteiger partial charge in [-0.25, -0.2) is 19.6 Å². The zero-order chi connectivity index (χ0) is 49.2. The number of hydrogen-bond donors (Lipinski definition) is 1. The number of nitrogens with one attached hydrogen (secondary N) is 1. The summed E-state index contributed by atoms with van der Waals surface area (Å²) < 4.78 is 131. The van der Waals surface area contributed by atoms with E-state index in [1.165, 1.54) is 24.1 Å². The van der Waals surface area contributed by atoms with Crippen LogP contribution in [0.1, 0.15) is 59.9 Å². The molecular formula is C49H49F6N6O8P. The van der Waals surface area contributed by atoms with Crippen LogP contribution in [0.3, 0.4) is 0 Å². The van der Waals surface area contributed by atoms with E-state index in [1.54, 1.807) is 7.11 Å². The van der Waals surface area contributed by atoms with Crippen LogP contribution in [0.15, 0.2) is 122 Å². The molecule has 2 aromatic heterocycles. The van der Waals surface area contributed by atoms with Gasteiger partial charge in [-0.3, -0.25) is 9.36 Å². The highest BCUT2D eigenvalue weighted by atomic mass is 31.2. The average molecular weight is 995 g/mol. The van der Waals surface area contributed by atoms with Crippen molar-refractivity contribution in [1.82, 2.24) is 24.2 Å². The van der Waals surface area contributed by atoms with Gasteiger partial charge in [-0.1, -0.05) is 103 Å². The number of anilines is 1. The maximum Gasteiger partial charge on any atom is 0.402 e. The summed E-state index contributed by atoms with van der Waals surface area (Å²) in [5.41, 5.74) is 3.13. The van der Waals surface area contributed by atoms with Gasteiger partial charge in [0.1, 0.15) is 48.9 Å². The number of carbonyl (C=O) groups is 1. The molecule has 70 heavy (non-hydrogen) atoms. The average Bonchev–Trinajstić information content (AvgIpc) is 4.14. The Morgan fingerprint density at radius 3 is 2.17 bits per heavy atom. The molecule has 1 amide bonds. The molecule has 4 aromatic carbocycles. The van der Waals surface area contributed by atoms with Crippen molar-refractivity contribution in [3.8, 4) is 5.75 Å². The molecule has 21 heteroatoms. The number of aryl methyl sites for hydroxylation is 1. The van der Waals surface area contributed by atoms with Crippen molar-refractivity contribution in [2.75, 3.05) is 39.0 Å². The molecule has 3 saturated heterocycles. The lowest BCUT2D eigenvalue weighted by Gasteiger charge is -2.37. The molecule has 0 radical (unpaired) electrons. The second-order valence-electron chi connectivity index (χ2n) is 17.1. The summed E-state index contributed by atoms with van der Waals surface area (Å²) in [5.74, 6) is -3.54. The van der Waals surface area contributed by atoms with Gasteiger partial charge in [0.2, 0.25) is 5.91 Å². The third-order valence-corrected chi connectivity index (χ3v) is 14.4. The van der Waals surface area contributed by atoms with Crippen molar-refractivity contribution in [3.63, 3.8) is 0 Å². The zero-order valence-corrected chi connectivity index (χ0v) is 38.9. The Labute approximate surface area is 400 Å². The van der Waals surface area contributed by atoms with Crippen molar-refractivity contribution < 1.29 is 63.9 Å². The third-order valence-electron chi connectivity index (χ3n) is 12.6. The minimum absolute atomic E-state index is 0.0606. The van der Waals surface area contributed by atoms with Crippen molar-refractivity contribution in [3.05, 3.63) is 150 Å². The molecule has 0 spiro atoms. The molecule has 3 aliphatic rings. The quantitative estimate of drug-likeness (QED) is 0.0306. The molecule has 3 aliphatic heterocycles. The van der Waals surface area contributed by atoms with Gasteiger partial charge in [0.15, 0.2) is 29.1 Å². The highest BCUT2D eigenvalue weighted by molar-refractivity contribution is 7.45. The first-order chi connectivity index (χ1) is 33.7. The summed E-state index contributed by atoms with van der Waals surface area (Å²) in [6.07, 6.45) is -12.4. The van der Waals surface area contributed by atoms with E-state index in [0.717, 1.165) is 40.7 Å². The minimum atomic E-state index is -5.65. The second kappa shape index (κ2) is 20.6. The maximum atomic E-state index is 13.7. The van der Waals surface area contributed by atoms with Crippen LogP contribution in [0.25, 0.3) is 11.2 Å².